The number of aliphatic hydroxyl groups excluding tert-OH is 4. The number of anilines is 2. The van der Waals surface area contributed by atoms with Gasteiger partial charge in [0.2, 0.25) is 6.29 Å². The molecule has 5 N–H and O–H groups in total. The largest absolute Gasteiger partial charge is 0.460 e. The van der Waals surface area contributed by atoms with Crippen molar-refractivity contribution in [3.8, 4) is 5.75 Å². The lowest BCUT2D eigenvalue weighted by Gasteiger charge is -2.39. The Labute approximate surface area is 145 Å². The SMILES string of the molecule is OCC1O[C@@H](Oc2ccccc2Nc2ccccc2)[C@H](O)[C@@H](O)[C@@H]1O. The number of ether oxygens (including phenoxy) is 2. The molecule has 0 bridgehead atoms. The van der Waals surface area contributed by atoms with Crippen molar-refractivity contribution in [2.45, 2.75) is 30.7 Å². The van der Waals surface area contributed by atoms with E-state index in [0.717, 1.165) is 5.69 Å². The summed E-state index contributed by atoms with van der Waals surface area (Å²) in [5, 5.41) is 42.2. The summed E-state index contributed by atoms with van der Waals surface area (Å²) in [7, 11) is 0. The summed E-state index contributed by atoms with van der Waals surface area (Å²) >= 11 is 0. The van der Waals surface area contributed by atoms with Crippen LogP contribution in [0.3, 0.4) is 0 Å². The van der Waals surface area contributed by atoms with Crippen LogP contribution in [0.1, 0.15) is 0 Å². The molecule has 3 rings (SSSR count). The predicted octanol–water partition coefficient (Wildman–Crippen LogP) is 0.609. The molecule has 1 heterocycles. The standard InChI is InChI=1S/C18H21NO6/c20-10-14-15(21)16(22)17(23)18(25-14)24-13-9-5-4-8-12(13)19-11-6-2-1-3-7-11/h1-9,14-23H,10H2/t14?,15-,16+,17-,18-/m1/s1. The normalized spacial score (nSPS) is 29.2. The molecule has 0 saturated carbocycles. The fraction of sp³-hybridized carbons (Fsp3) is 0.333. The number of nitrogens with one attached hydrogen (secondary N) is 1. The molecule has 7 heteroatoms. The predicted molar refractivity (Wildman–Crippen MR) is 90.6 cm³/mol. The third-order valence-electron chi connectivity index (χ3n) is 4.03. The van der Waals surface area contributed by atoms with Crippen LogP contribution in [0.25, 0.3) is 0 Å². The molecule has 25 heavy (non-hydrogen) atoms. The molecule has 5 atom stereocenters. The van der Waals surface area contributed by atoms with Crippen LogP contribution in [-0.2, 0) is 4.74 Å². The Morgan fingerprint density at radius 3 is 2.28 bits per heavy atom. The fourth-order valence-corrected chi connectivity index (χ4v) is 2.64. The lowest BCUT2D eigenvalue weighted by Crippen LogP contribution is -2.60. The first-order chi connectivity index (χ1) is 12.1. The van der Waals surface area contributed by atoms with Gasteiger partial charge in [0.15, 0.2) is 0 Å². The van der Waals surface area contributed by atoms with Crippen molar-refractivity contribution in [1.29, 1.82) is 0 Å². The van der Waals surface area contributed by atoms with E-state index in [-0.39, 0.29) is 0 Å². The van der Waals surface area contributed by atoms with Crippen molar-refractivity contribution >= 4 is 11.4 Å². The maximum atomic E-state index is 10.1. The molecule has 0 aliphatic carbocycles. The zero-order valence-electron chi connectivity index (χ0n) is 13.4. The highest BCUT2D eigenvalue weighted by molar-refractivity contribution is 5.66. The molecule has 2 aromatic carbocycles. The number of para-hydroxylation sites is 3. The van der Waals surface area contributed by atoms with Gasteiger partial charge in [-0.3, -0.25) is 0 Å². The van der Waals surface area contributed by atoms with Crippen LogP contribution >= 0.6 is 0 Å². The molecule has 1 unspecified atom stereocenters. The van der Waals surface area contributed by atoms with E-state index in [1.807, 2.05) is 36.4 Å². The Bertz CT molecular complexity index is 680. The molecule has 1 aliphatic rings. The van der Waals surface area contributed by atoms with Crippen molar-refractivity contribution in [2.24, 2.45) is 0 Å². The van der Waals surface area contributed by atoms with Gasteiger partial charge in [-0.05, 0) is 24.3 Å². The van der Waals surface area contributed by atoms with Gasteiger partial charge in [0, 0.05) is 5.69 Å². The first-order valence-corrected chi connectivity index (χ1v) is 7.98. The van der Waals surface area contributed by atoms with Gasteiger partial charge in [0.1, 0.15) is 30.2 Å². The van der Waals surface area contributed by atoms with E-state index in [9.17, 15) is 20.4 Å². The third-order valence-corrected chi connectivity index (χ3v) is 4.03. The molecule has 1 fully saturated rings. The van der Waals surface area contributed by atoms with E-state index in [2.05, 4.69) is 5.32 Å². The minimum absolute atomic E-state index is 0.399. The van der Waals surface area contributed by atoms with E-state index < -0.39 is 37.3 Å². The van der Waals surface area contributed by atoms with Gasteiger partial charge >= 0.3 is 0 Å². The molecule has 0 aromatic heterocycles. The zero-order valence-corrected chi connectivity index (χ0v) is 13.4. The molecular formula is C18H21NO6. The monoisotopic (exact) mass is 347 g/mol. The highest BCUT2D eigenvalue weighted by Crippen LogP contribution is 2.31. The molecule has 1 aliphatic heterocycles. The topological polar surface area (TPSA) is 111 Å². The Hall–Kier alpha value is -2.16. The van der Waals surface area contributed by atoms with E-state index in [4.69, 9.17) is 9.47 Å². The summed E-state index contributed by atoms with van der Waals surface area (Å²) in [6.45, 7) is -0.505. The Morgan fingerprint density at radius 1 is 0.880 bits per heavy atom. The van der Waals surface area contributed by atoms with E-state index in [1.165, 1.54) is 0 Å². The lowest BCUT2D eigenvalue weighted by atomic mass is 9.99. The molecule has 1 saturated heterocycles. The molecule has 134 valence electrons. The first-order valence-electron chi connectivity index (χ1n) is 7.98. The molecule has 7 nitrogen and oxygen atoms in total. The van der Waals surface area contributed by atoms with Crippen LogP contribution in [0.2, 0.25) is 0 Å². The van der Waals surface area contributed by atoms with Gasteiger partial charge < -0.3 is 35.2 Å². The molecule has 0 radical (unpaired) electrons. The van der Waals surface area contributed by atoms with Crippen molar-refractivity contribution in [3.63, 3.8) is 0 Å². The fourth-order valence-electron chi connectivity index (χ4n) is 2.64. The molecule has 2 aromatic rings. The molecular weight excluding hydrogens is 326 g/mol. The van der Waals surface area contributed by atoms with Gasteiger partial charge in [-0.15, -0.1) is 0 Å². The van der Waals surface area contributed by atoms with Crippen LogP contribution in [0.5, 0.6) is 5.75 Å². The van der Waals surface area contributed by atoms with Crippen molar-refractivity contribution < 1.29 is 29.9 Å². The highest BCUT2D eigenvalue weighted by Gasteiger charge is 2.44. The number of hydrogen-bond donors (Lipinski definition) is 5. The number of hydrogen-bond acceptors (Lipinski definition) is 7. The van der Waals surface area contributed by atoms with Crippen LogP contribution in [0.15, 0.2) is 54.6 Å². The van der Waals surface area contributed by atoms with Crippen LogP contribution in [-0.4, -0.2) is 57.7 Å². The van der Waals surface area contributed by atoms with E-state index in [0.29, 0.717) is 11.4 Å². The third kappa shape index (κ3) is 3.92. The van der Waals surface area contributed by atoms with E-state index >= 15 is 0 Å². The Balaban J connectivity index is 1.78. The molecule has 0 amide bonds. The van der Waals surface area contributed by atoms with Gasteiger partial charge in [-0.25, -0.2) is 0 Å². The van der Waals surface area contributed by atoms with Crippen molar-refractivity contribution in [2.75, 3.05) is 11.9 Å². The van der Waals surface area contributed by atoms with E-state index in [1.54, 1.807) is 18.2 Å². The number of rotatable bonds is 5. The Morgan fingerprint density at radius 2 is 1.56 bits per heavy atom. The van der Waals surface area contributed by atoms with Crippen molar-refractivity contribution in [1.82, 2.24) is 0 Å². The smallest absolute Gasteiger partial charge is 0.229 e. The van der Waals surface area contributed by atoms with Gasteiger partial charge in [-0.1, -0.05) is 30.3 Å². The zero-order chi connectivity index (χ0) is 17.8. The van der Waals surface area contributed by atoms with Gasteiger partial charge in [-0.2, -0.15) is 0 Å². The number of benzene rings is 2. The summed E-state index contributed by atoms with van der Waals surface area (Å²) < 4.78 is 11.1. The highest BCUT2D eigenvalue weighted by atomic mass is 16.7. The maximum Gasteiger partial charge on any atom is 0.229 e. The lowest BCUT2D eigenvalue weighted by molar-refractivity contribution is -0.277. The second-order valence-electron chi connectivity index (χ2n) is 5.80. The Kier molecular flexibility index (Phi) is 5.52. The maximum absolute atomic E-state index is 10.1. The summed E-state index contributed by atoms with van der Waals surface area (Å²) in [6.07, 6.45) is -6.60. The van der Waals surface area contributed by atoms with Gasteiger partial charge in [0.25, 0.3) is 0 Å². The number of aliphatic hydroxyl groups is 4. The summed E-state index contributed by atoms with van der Waals surface area (Å²) in [5.41, 5.74) is 1.50. The average molecular weight is 347 g/mol. The minimum Gasteiger partial charge on any atom is -0.460 e. The second-order valence-corrected chi connectivity index (χ2v) is 5.80. The summed E-state index contributed by atoms with van der Waals surface area (Å²) in [6, 6.07) is 16.5. The summed E-state index contributed by atoms with van der Waals surface area (Å²) in [4.78, 5) is 0. The minimum atomic E-state index is -1.48. The average Bonchev–Trinajstić information content (AvgIpc) is 2.64. The second kappa shape index (κ2) is 7.81. The van der Waals surface area contributed by atoms with Crippen LogP contribution < -0.4 is 10.1 Å². The van der Waals surface area contributed by atoms with Gasteiger partial charge in [0.05, 0.1) is 12.3 Å². The molecule has 0 spiro atoms. The first kappa shape index (κ1) is 17.7. The van der Waals surface area contributed by atoms with Crippen LogP contribution in [0, 0.1) is 0 Å². The van der Waals surface area contributed by atoms with Crippen LogP contribution in [0.4, 0.5) is 11.4 Å². The van der Waals surface area contributed by atoms with Crippen molar-refractivity contribution in [3.05, 3.63) is 54.6 Å². The quantitative estimate of drug-likeness (QED) is 0.539. The summed E-state index contributed by atoms with van der Waals surface area (Å²) in [5.74, 6) is 0.399.